The number of unbranched alkanes of at least 4 members (excludes halogenated alkanes) is 8. The number of rotatable bonds is 18. The Morgan fingerprint density at radius 2 is 1.30 bits per heavy atom. The lowest BCUT2D eigenvalue weighted by atomic mass is 9.81. The summed E-state index contributed by atoms with van der Waals surface area (Å²) < 4.78 is 16.2. The minimum Gasteiger partial charge on any atom is -0.463 e. The number of carbonyl (C=O) groups is 3. The molecular formula is C36H50N2O6. The van der Waals surface area contributed by atoms with E-state index in [1.807, 2.05) is 12.1 Å². The molecule has 0 heterocycles. The fourth-order valence-corrected chi connectivity index (χ4v) is 5.52. The summed E-state index contributed by atoms with van der Waals surface area (Å²) in [7, 11) is 0. The van der Waals surface area contributed by atoms with Crippen molar-refractivity contribution < 1.29 is 28.6 Å². The Morgan fingerprint density at radius 1 is 0.750 bits per heavy atom. The van der Waals surface area contributed by atoms with E-state index in [0.29, 0.717) is 35.9 Å². The lowest BCUT2D eigenvalue weighted by molar-refractivity contribution is -0.140. The van der Waals surface area contributed by atoms with E-state index in [2.05, 4.69) is 6.92 Å². The normalized spacial score (nSPS) is 16.5. The van der Waals surface area contributed by atoms with Gasteiger partial charge in [0, 0.05) is 17.5 Å². The Morgan fingerprint density at radius 3 is 1.86 bits per heavy atom. The standard InChI is InChI=1S/C36H50N2O6/c1-2-27-12-17-29(18-13-27)36(41)44-33-19-14-28(15-20-33)16-21-34(39)42-22-10-8-6-4-3-5-7-9-11-23-43-35(40)30-24-31(37)26-32(38)25-30/h14-16,19-21,24-27,29H,2-13,17-18,22-23,37-38H2,1H3/b21-16+. The van der Waals surface area contributed by atoms with E-state index < -0.39 is 5.97 Å². The van der Waals surface area contributed by atoms with Crippen molar-refractivity contribution in [3.05, 3.63) is 59.7 Å². The molecule has 8 heteroatoms. The molecule has 0 aliphatic heterocycles. The second-order valence-electron chi connectivity index (χ2n) is 11.8. The molecule has 8 nitrogen and oxygen atoms in total. The highest BCUT2D eigenvalue weighted by Gasteiger charge is 2.27. The van der Waals surface area contributed by atoms with Gasteiger partial charge in [-0.2, -0.15) is 0 Å². The van der Waals surface area contributed by atoms with Gasteiger partial charge < -0.3 is 25.7 Å². The van der Waals surface area contributed by atoms with Crippen molar-refractivity contribution in [3.8, 4) is 5.75 Å². The first kappa shape index (κ1) is 34.7. The Bertz CT molecular complexity index is 1180. The van der Waals surface area contributed by atoms with Gasteiger partial charge in [-0.05, 0) is 86.4 Å². The van der Waals surface area contributed by atoms with E-state index in [0.717, 1.165) is 88.5 Å². The van der Waals surface area contributed by atoms with Crippen LogP contribution in [0.5, 0.6) is 5.75 Å². The summed E-state index contributed by atoms with van der Waals surface area (Å²) in [6.45, 7) is 3.02. The maximum atomic E-state index is 12.5. The lowest BCUT2D eigenvalue weighted by Crippen LogP contribution is -2.25. The number of hydrogen-bond donors (Lipinski definition) is 2. The first-order valence-corrected chi connectivity index (χ1v) is 16.3. The zero-order valence-electron chi connectivity index (χ0n) is 26.3. The summed E-state index contributed by atoms with van der Waals surface area (Å²) >= 11 is 0. The third-order valence-corrected chi connectivity index (χ3v) is 8.25. The van der Waals surface area contributed by atoms with Crippen molar-refractivity contribution in [1.29, 1.82) is 0 Å². The molecule has 0 amide bonds. The van der Waals surface area contributed by atoms with Crippen LogP contribution in [0.3, 0.4) is 0 Å². The van der Waals surface area contributed by atoms with Crippen LogP contribution in [-0.2, 0) is 19.1 Å². The van der Waals surface area contributed by atoms with Gasteiger partial charge in [0.2, 0.25) is 0 Å². The number of esters is 3. The van der Waals surface area contributed by atoms with Gasteiger partial charge in [-0.3, -0.25) is 4.79 Å². The third kappa shape index (κ3) is 13.2. The maximum absolute atomic E-state index is 12.5. The number of nitrogen functional groups attached to an aromatic ring is 2. The van der Waals surface area contributed by atoms with Crippen molar-refractivity contribution in [3.63, 3.8) is 0 Å². The highest BCUT2D eigenvalue weighted by Crippen LogP contribution is 2.31. The molecule has 0 bridgehead atoms. The van der Waals surface area contributed by atoms with Crippen molar-refractivity contribution in [2.75, 3.05) is 24.7 Å². The quantitative estimate of drug-likeness (QED) is 0.0576. The third-order valence-electron chi connectivity index (χ3n) is 8.25. The summed E-state index contributed by atoms with van der Waals surface area (Å²) in [5, 5.41) is 0. The van der Waals surface area contributed by atoms with Crippen LogP contribution in [0.2, 0.25) is 0 Å². The maximum Gasteiger partial charge on any atom is 0.338 e. The molecule has 240 valence electrons. The van der Waals surface area contributed by atoms with Gasteiger partial charge in [-0.1, -0.05) is 70.4 Å². The fraction of sp³-hybridized carbons (Fsp3) is 0.528. The molecule has 0 unspecified atom stereocenters. The largest absolute Gasteiger partial charge is 0.463 e. The monoisotopic (exact) mass is 606 g/mol. The van der Waals surface area contributed by atoms with Gasteiger partial charge in [0.15, 0.2) is 0 Å². The van der Waals surface area contributed by atoms with Crippen LogP contribution in [0.25, 0.3) is 6.08 Å². The predicted octanol–water partition coefficient (Wildman–Crippen LogP) is 7.90. The van der Waals surface area contributed by atoms with Gasteiger partial charge in [-0.15, -0.1) is 0 Å². The highest BCUT2D eigenvalue weighted by molar-refractivity contribution is 5.91. The Kier molecular flexibility index (Phi) is 15.3. The number of nitrogens with two attached hydrogens (primary N) is 2. The second kappa shape index (κ2) is 19.5. The summed E-state index contributed by atoms with van der Waals surface area (Å²) in [4.78, 5) is 36.6. The molecule has 1 fully saturated rings. The van der Waals surface area contributed by atoms with Crippen molar-refractivity contribution in [2.24, 2.45) is 11.8 Å². The Balaban J connectivity index is 1.14. The zero-order valence-corrected chi connectivity index (χ0v) is 26.3. The van der Waals surface area contributed by atoms with Gasteiger partial charge in [0.1, 0.15) is 5.75 Å². The number of benzene rings is 2. The van der Waals surface area contributed by atoms with Crippen LogP contribution in [-0.4, -0.2) is 31.1 Å². The average molecular weight is 607 g/mol. The Labute approximate surface area is 262 Å². The van der Waals surface area contributed by atoms with Crippen LogP contribution >= 0.6 is 0 Å². The molecular weight excluding hydrogens is 556 g/mol. The summed E-state index contributed by atoms with van der Waals surface area (Å²) in [5.74, 6) is 0.388. The van der Waals surface area contributed by atoms with Crippen molar-refractivity contribution in [1.82, 2.24) is 0 Å². The first-order valence-electron chi connectivity index (χ1n) is 16.3. The number of ether oxygens (including phenoxy) is 3. The van der Waals surface area contributed by atoms with E-state index in [1.165, 1.54) is 18.9 Å². The summed E-state index contributed by atoms with van der Waals surface area (Å²) in [6.07, 6.45) is 17.8. The van der Waals surface area contributed by atoms with E-state index in [1.54, 1.807) is 36.4 Å². The molecule has 1 aliphatic rings. The minimum absolute atomic E-state index is 0.00254. The molecule has 3 rings (SSSR count). The first-order chi connectivity index (χ1) is 21.3. The molecule has 2 aromatic carbocycles. The molecule has 44 heavy (non-hydrogen) atoms. The van der Waals surface area contributed by atoms with E-state index in [4.69, 9.17) is 25.7 Å². The predicted molar refractivity (Wildman–Crippen MR) is 175 cm³/mol. The zero-order chi connectivity index (χ0) is 31.6. The summed E-state index contributed by atoms with van der Waals surface area (Å²) in [5.41, 5.74) is 13.6. The molecule has 0 aromatic heterocycles. The molecule has 2 aromatic rings. The topological polar surface area (TPSA) is 131 Å². The molecule has 4 N–H and O–H groups in total. The number of anilines is 2. The molecule has 1 aliphatic carbocycles. The van der Waals surface area contributed by atoms with Gasteiger partial charge in [-0.25, -0.2) is 9.59 Å². The van der Waals surface area contributed by atoms with Crippen molar-refractivity contribution >= 4 is 35.4 Å². The molecule has 0 saturated heterocycles. The second-order valence-corrected chi connectivity index (χ2v) is 11.8. The van der Waals surface area contributed by atoms with Gasteiger partial charge >= 0.3 is 17.9 Å². The Hall–Kier alpha value is -3.81. The molecule has 0 atom stereocenters. The SMILES string of the molecule is CCC1CCC(C(=O)Oc2ccc(/C=C/C(=O)OCCCCCCCCCCCOC(=O)c3cc(N)cc(N)c3)cc2)CC1. The smallest absolute Gasteiger partial charge is 0.338 e. The van der Waals surface area contributed by atoms with E-state index in [-0.39, 0.29) is 17.9 Å². The van der Waals surface area contributed by atoms with Crippen LogP contribution in [0.1, 0.15) is 113 Å². The fourth-order valence-electron chi connectivity index (χ4n) is 5.52. The molecule has 1 saturated carbocycles. The van der Waals surface area contributed by atoms with Crippen LogP contribution < -0.4 is 16.2 Å². The molecule has 0 radical (unpaired) electrons. The van der Waals surface area contributed by atoms with Gasteiger partial charge in [0.25, 0.3) is 0 Å². The lowest BCUT2D eigenvalue weighted by Gasteiger charge is -2.26. The highest BCUT2D eigenvalue weighted by atomic mass is 16.5. The summed E-state index contributed by atoms with van der Waals surface area (Å²) in [6, 6.07) is 11.9. The minimum atomic E-state index is -0.393. The van der Waals surface area contributed by atoms with Gasteiger partial charge in [0.05, 0.1) is 24.7 Å². The van der Waals surface area contributed by atoms with Crippen LogP contribution in [0.15, 0.2) is 48.5 Å². The van der Waals surface area contributed by atoms with Crippen molar-refractivity contribution in [2.45, 2.75) is 96.8 Å². The average Bonchev–Trinajstić information content (AvgIpc) is 3.02. The van der Waals surface area contributed by atoms with Crippen LogP contribution in [0.4, 0.5) is 11.4 Å². The van der Waals surface area contributed by atoms with E-state index in [9.17, 15) is 14.4 Å². The number of carbonyl (C=O) groups excluding carboxylic acids is 3. The number of hydrogen-bond acceptors (Lipinski definition) is 8. The van der Waals surface area contributed by atoms with Crippen LogP contribution in [0, 0.1) is 11.8 Å². The molecule has 0 spiro atoms. The van der Waals surface area contributed by atoms with E-state index >= 15 is 0 Å².